The molecule has 0 aliphatic carbocycles. The second kappa shape index (κ2) is 12.5. The highest BCUT2D eigenvalue weighted by Gasteiger charge is 2.42. The lowest BCUT2D eigenvalue weighted by molar-refractivity contribution is -0.139. The first-order valence-electron chi connectivity index (χ1n) is 12.7. The Kier molecular flexibility index (Phi) is 9.54. The van der Waals surface area contributed by atoms with Crippen molar-refractivity contribution in [3.05, 3.63) is 45.9 Å². The first-order chi connectivity index (χ1) is 18.6. The fourth-order valence-corrected chi connectivity index (χ4v) is 6.96. The molecular formula is C27H34Cl2N2O7S. The highest BCUT2D eigenvalue weighted by atomic mass is 35.5. The third kappa shape index (κ3) is 6.74. The standard InChI is InChI=1S/C27H34Cl2N2O7S/c1-19-14-20(4-5-21(19)28)38-18-27(17-26(32)30-10-12-37-13-11-30)6-8-31(9-7-27)39(33,34)25-15-22(29)23(35-2)16-24(25)36-3/h4-5,14-16H,6-13,17-18H2,1-3H3. The van der Waals surface area contributed by atoms with Crippen LogP contribution in [-0.2, 0) is 19.6 Å². The third-order valence-electron chi connectivity index (χ3n) is 7.40. The van der Waals surface area contributed by atoms with Crippen LogP contribution in [0.2, 0.25) is 10.0 Å². The molecule has 0 radical (unpaired) electrons. The van der Waals surface area contributed by atoms with Crippen molar-refractivity contribution in [1.29, 1.82) is 0 Å². The lowest BCUT2D eigenvalue weighted by atomic mass is 9.76. The number of carbonyl (C=O) groups excluding carboxylic acids is 1. The average Bonchev–Trinajstić information content (AvgIpc) is 2.94. The molecule has 214 valence electrons. The van der Waals surface area contributed by atoms with Gasteiger partial charge in [0.15, 0.2) is 0 Å². The number of carbonyl (C=O) groups is 1. The molecule has 0 N–H and O–H groups in total. The van der Waals surface area contributed by atoms with E-state index in [0.717, 1.165) is 5.56 Å². The number of morpholine rings is 1. The molecule has 0 atom stereocenters. The van der Waals surface area contributed by atoms with Gasteiger partial charge in [0.2, 0.25) is 15.9 Å². The van der Waals surface area contributed by atoms with Gasteiger partial charge in [-0.15, -0.1) is 0 Å². The van der Waals surface area contributed by atoms with Crippen LogP contribution in [0.3, 0.4) is 0 Å². The van der Waals surface area contributed by atoms with Gasteiger partial charge >= 0.3 is 0 Å². The number of benzene rings is 2. The van der Waals surface area contributed by atoms with Crippen molar-refractivity contribution < 1.29 is 32.2 Å². The molecule has 0 aromatic heterocycles. The van der Waals surface area contributed by atoms with Gasteiger partial charge in [0.05, 0.1) is 39.1 Å². The lowest BCUT2D eigenvalue weighted by Crippen LogP contribution is -2.49. The van der Waals surface area contributed by atoms with Crippen LogP contribution in [0.25, 0.3) is 0 Å². The van der Waals surface area contributed by atoms with Crippen LogP contribution in [0.5, 0.6) is 17.2 Å². The topological polar surface area (TPSA) is 94.6 Å². The molecule has 0 unspecified atom stereocenters. The Morgan fingerprint density at radius 1 is 0.974 bits per heavy atom. The van der Waals surface area contributed by atoms with Crippen molar-refractivity contribution in [3.63, 3.8) is 0 Å². The Morgan fingerprint density at radius 2 is 1.64 bits per heavy atom. The molecule has 2 heterocycles. The molecule has 4 rings (SSSR count). The normalized spacial score (nSPS) is 18.0. The van der Waals surface area contributed by atoms with Crippen molar-refractivity contribution in [3.8, 4) is 17.2 Å². The van der Waals surface area contributed by atoms with Crippen molar-refractivity contribution >= 4 is 39.1 Å². The minimum atomic E-state index is -3.93. The van der Waals surface area contributed by atoms with Gasteiger partial charge in [-0.05, 0) is 49.6 Å². The van der Waals surface area contributed by atoms with Crippen molar-refractivity contribution in [2.45, 2.75) is 31.1 Å². The number of amides is 1. The molecule has 0 spiro atoms. The minimum absolute atomic E-state index is 0.0223. The van der Waals surface area contributed by atoms with Gasteiger partial charge in [-0.1, -0.05) is 23.2 Å². The summed E-state index contributed by atoms with van der Waals surface area (Å²) in [5.41, 5.74) is 0.344. The fourth-order valence-electron chi connectivity index (χ4n) is 4.93. The van der Waals surface area contributed by atoms with Crippen LogP contribution < -0.4 is 14.2 Å². The van der Waals surface area contributed by atoms with E-state index in [1.54, 1.807) is 12.1 Å². The minimum Gasteiger partial charge on any atom is -0.495 e. The summed E-state index contributed by atoms with van der Waals surface area (Å²) in [6.07, 6.45) is 1.15. The summed E-state index contributed by atoms with van der Waals surface area (Å²) < 4.78 is 50.9. The summed E-state index contributed by atoms with van der Waals surface area (Å²) in [4.78, 5) is 15.1. The van der Waals surface area contributed by atoms with Gasteiger partial charge in [-0.25, -0.2) is 8.42 Å². The van der Waals surface area contributed by atoms with Crippen LogP contribution in [0, 0.1) is 12.3 Å². The molecule has 2 fully saturated rings. The van der Waals surface area contributed by atoms with E-state index in [0.29, 0.717) is 55.7 Å². The lowest BCUT2D eigenvalue weighted by Gasteiger charge is -2.42. The Hall–Kier alpha value is -2.24. The number of hydrogen-bond acceptors (Lipinski definition) is 7. The van der Waals surface area contributed by atoms with E-state index in [2.05, 4.69) is 0 Å². The largest absolute Gasteiger partial charge is 0.495 e. The number of aryl methyl sites for hydroxylation is 1. The van der Waals surface area contributed by atoms with Crippen LogP contribution >= 0.6 is 23.2 Å². The molecule has 1 amide bonds. The third-order valence-corrected chi connectivity index (χ3v) is 10.0. The predicted molar refractivity (Wildman–Crippen MR) is 149 cm³/mol. The highest BCUT2D eigenvalue weighted by Crippen LogP contribution is 2.41. The maximum absolute atomic E-state index is 13.7. The molecule has 12 heteroatoms. The Labute approximate surface area is 239 Å². The van der Waals surface area contributed by atoms with E-state index in [1.165, 1.54) is 30.7 Å². The first kappa shape index (κ1) is 29.7. The summed E-state index contributed by atoms with van der Waals surface area (Å²) in [6, 6.07) is 8.25. The van der Waals surface area contributed by atoms with Gasteiger partial charge in [0, 0.05) is 49.1 Å². The molecule has 9 nitrogen and oxygen atoms in total. The van der Waals surface area contributed by atoms with Gasteiger partial charge in [0.1, 0.15) is 22.1 Å². The molecule has 0 bridgehead atoms. The summed E-state index contributed by atoms with van der Waals surface area (Å²) in [7, 11) is -1.08. The van der Waals surface area contributed by atoms with E-state index >= 15 is 0 Å². The number of halogens is 2. The summed E-state index contributed by atoms with van der Waals surface area (Å²) >= 11 is 12.4. The molecule has 39 heavy (non-hydrogen) atoms. The van der Waals surface area contributed by atoms with Crippen molar-refractivity contribution in [2.75, 3.05) is 60.2 Å². The SMILES string of the molecule is COc1cc(OC)c(S(=O)(=O)N2CCC(COc3ccc(Cl)c(C)c3)(CC(=O)N3CCOCC3)CC2)cc1Cl. The quantitative estimate of drug-likeness (QED) is 0.420. The molecule has 2 aromatic rings. The van der Waals surface area contributed by atoms with Crippen LogP contribution in [0.1, 0.15) is 24.8 Å². The summed E-state index contributed by atoms with van der Waals surface area (Å²) in [5, 5.41) is 0.818. The van der Waals surface area contributed by atoms with E-state index in [1.807, 2.05) is 17.9 Å². The molecular weight excluding hydrogens is 567 g/mol. The zero-order chi connectivity index (χ0) is 28.2. The van der Waals surface area contributed by atoms with E-state index in [9.17, 15) is 13.2 Å². The second-order valence-electron chi connectivity index (χ2n) is 9.91. The van der Waals surface area contributed by atoms with Gasteiger partial charge in [-0.3, -0.25) is 4.79 Å². The Balaban J connectivity index is 1.55. The fraction of sp³-hybridized carbons (Fsp3) is 0.519. The predicted octanol–water partition coefficient (Wildman–Crippen LogP) is 4.42. The number of nitrogens with zero attached hydrogens (tertiary/aromatic N) is 2. The van der Waals surface area contributed by atoms with Crippen LogP contribution in [0.4, 0.5) is 0 Å². The monoisotopic (exact) mass is 600 g/mol. The molecule has 0 saturated carbocycles. The number of methoxy groups -OCH3 is 2. The number of hydrogen-bond donors (Lipinski definition) is 0. The first-order valence-corrected chi connectivity index (χ1v) is 14.9. The maximum atomic E-state index is 13.7. The van der Waals surface area contributed by atoms with E-state index in [4.69, 9.17) is 42.1 Å². The van der Waals surface area contributed by atoms with Crippen molar-refractivity contribution in [1.82, 2.24) is 9.21 Å². The summed E-state index contributed by atoms with van der Waals surface area (Å²) in [5.74, 6) is 1.15. The molecule has 2 aliphatic heterocycles. The van der Waals surface area contributed by atoms with Gasteiger partial charge in [-0.2, -0.15) is 4.31 Å². The smallest absolute Gasteiger partial charge is 0.246 e. The van der Waals surface area contributed by atoms with E-state index in [-0.39, 0.29) is 47.7 Å². The Bertz CT molecular complexity index is 1290. The number of ether oxygens (including phenoxy) is 4. The zero-order valence-electron chi connectivity index (χ0n) is 22.4. The second-order valence-corrected chi connectivity index (χ2v) is 12.6. The zero-order valence-corrected chi connectivity index (χ0v) is 24.7. The highest BCUT2D eigenvalue weighted by molar-refractivity contribution is 7.89. The number of rotatable bonds is 9. The average molecular weight is 602 g/mol. The molecule has 2 saturated heterocycles. The van der Waals surface area contributed by atoms with Crippen molar-refractivity contribution in [2.24, 2.45) is 5.41 Å². The number of piperidine rings is 1. The molecule has 2 aliphatic rings. The van der Waals surface area contributed by atoms with Gasteiger partial charge in [0.25, 0.3) is 0 Å². The maximum Gasteiger partial charge on any atom is 0.246 e. The van der Waals surface area contributed by atoms with E-state index < -0.39 is 15.4 Å². The molecule has 2 aromatic carbocycles. The summed E-state index contributed by atoms with van der Waals surface area (Å²) in [6.45, 7) is 4.72. The van der Waals surface area contributed by atoms with Gasteiger partial charge < -0.3 is 23.8 Å². The Morgan fingerprint density at radius 3 is 2.26 bits per heavy atom. The van der Waals surface area contributed by atoms with Crippen LogP contribution in [0.15, 0.2) is 35.2 Å². The van der Waals surface area contributed by atoms with Crippen LogP contribution in [-0.4, -0.2) is 83.7 Å². The number of sulfonamides is 1.